The van der Waals surface area contributed by atoms with Crippen LogP contribution in [0.5, 0.6) is 0 Å². The van der Waals surface area contributed by atoms with Crippen molar-refractivity contribution in [2.45, 2.75) is 289 Å². The van der Waals surface area contributed by atoms with E-state index in [4.69, 9.17) is 4.74 Å². The molecule has 0 saturated carbocycles. The van der Waals surface area contributed by atoms with E-state index in [0.29, 0.717) is 19.3 Å². The van der Waals surface area contributed by atoms with Gasteiger partial charge in [-0.05, 0) is 89.9 Å². The Morgan fingerprint density at radius 3 is 1.29 bits per heavy atom. The number of hydrogen-bond acceptors (Lipinski definition) is 5. The third-order valence-electron chi connectivity index (χ3n) is 12.1. The van der Waals surface area contributed by atoms with Crippen LogP contribution in [0.4, 0.5) is 0 Å². The van der Waals surface area contributed by atoms with Gasteiger partial charge in [-0.1, -0.05) is 217 Å². The Morgan fingerprint density at radius 1 is 0.468 bits per heavy atom. The monoisotopic (exact) mass is 870 g/mol. The highest BCUT2D eigenvalue weighted by Crippen LogP contribution is 2.17. The SMILES string of the molecule is CCCCC/C=C\C/C=C\C/C=C\CCCCCCC(CC(=O)NC(CO)C(O)CCCCCCCCCCCCCC)OC(=O)CCCCC/C=C\CCCCCCCCC. The molecule has 0 aromatic rings. The van der Waals surface area contributed by atoms with E-state index in [1.54, 1.807) is 0 Å². The van der Waals surface area contributed by atoms with Crippen LogP contribution in [0.1, 0.15) is 271 Å². The first-order valence-electron chi connectivity index (χ1n) is 26.9. The highest BCUT2D eigenvalue weighted by Gasteiger charge is 2.24. The minimum atomic E-state index is -0.796. The molecule has 3 unspecified atom stereocenters. The Balaban J connectivity index is 4.65. The van der Waals surface area contributed by atoms with Gasteiger partial charge in [0.25, 0.3) is 0 Å². The van der Waals surface area contributed by atoms with Crippen LogP contribution >= 0.6 is 0 Å². The van der Waals surface area contributed by atoms with Crippen LogP contribution in [0, 0.1) is 0 Å². The van der Waals surface area contributed by atoms with Crippen molar-refractivity contribution in [2.75, 3.05) is 6.61 Å². The highest BCUT2D eigenvalue weighted by atomic mass is 16.5. The number of nitrogens with one attached hydrogen (secondary N) is 1. The van der Waals surface area contributed by atoms with Crippen molar-refractivity contribution in [1.29, 1.82) is 0 Å². The number of ether oxygens (including phenoxy) is 1. The summed E-state index contributed by atoms with van der Waals surface area (Å²) >= 11 is 0. The highest BCUT2D eigenvalue weighted by molar-refractivity contribution is 5.77. The second-order valence-electron chi connectivity index (χ2n) is 18.3. The van der Waals surface area contributed by atoms with Gasteiger partial charge in [-0.15, -0.1) is 0 Å². The number of aliphatic hydroxyl groups excluding tert-OH is 2. The molecule has 0 bridgehead atoms. The Bertz CT molecular complexity index is 1070. The van der Waals surface area contributed by atoms with Gasteiger partial charge in [0.05, 0.1) is 25.2 Å². The fraction of sp³-hybridized carbons (Fsp3) is 0.821. The summed E-state index contributed by atoms with van der Waals surface area (Å²) in [6, 6.07) is -0.711. The molecule has 6 heteroatoms. The molecule has 362 valence electrons. The van der Waals surface area contributed by atoms with E-state index >= 15 is 0 Å². The zero-order valence-electron chi connectivity index (χ0n) is 41.3. The molecule has 0 aliphatic rings. The van der Waals surface area contributed by atoms with Crippen molar-refractivity contribution in [2.24, 2.45) is 0 Å². The van der Waals surface area contributed by atoms with E-state index in [1.165, 1.54) is 135 Å². The van der Waals surface area contributed by atoms with Crippen LogP contribution in [-0.2, 0) is 14.3 Å². The Hall–Kier alpha value is -2.18. The fourth-order valence-corrected chi connectivity index (χ4v) is 8.02. The predicted octanol–water partition coefficient (Wildman–Crippen LogP) is 16.2. The summed E-state index contributed by atoms with van der Waals surface area (Å²) in [6.07, 6.45) is 60.2. The van der Waals surface area contributed by atoms with Crippen LogP contribution in [-0.4, -0.2) is 46.9 Å². The summed E-state index contributed by atoms with van der Waals surface area (Å²) in [4.78, 5) is 26.2. The lowest BCUT2D eigenvalue weighted by molar-refractivity contribution is -0.151. The van der Waals surface area contributed by atoms with Crippen molar-refractivity contribution in [3.05, 3.63) is 48.6 Å². The number of carbonyl (C=O) groups is 2. The minimum Gasteiger partial charge on any atom is -0.462 e. The first-order chi connectivity index (χ1) is 30.5. The molecular formula is C56H103NO5. The summed E-state index contributed by atoms with van der Waals surface area (Å²) in [7, 11) is 0. The van der Waals surface area contributed by atoms with Gasteiger partial charge in [0, 0.05) is 6.42 Å². The van der Waals surface area contributed by atoms with E-state index in [9.17, 15) is 19.8 Å². The minimum absolute atomic E-state index is 0.0575. The summed E-state index contributed by atoms with van der Waals surface area (Å²) in [5.74, 6) is -0.508. The van der Waals surface area contributed by atoms with Gasteiger partial charge in [0.1, 0.15) is 6.10 Å². The average molecular weight is 870 g/mol. The van der Waals surface area contributed by atoms with E-state index in [0.717, 1.165) is 89.9 Å². The summed E-state index contributed by atoms with van der Waals surface area (Å²) in [5.41, 5.74) is 0. The molecule has 0 radical (unpaired) electrons. The molecule has 0 heterocycles. The first kappa shape index (κ1) is 59.8. The largest absolute Gasteiger partial charge is 0.462 e. The molecule has 0 aromatic heterocycles. The molecule has 1 amide bonds. The number of hydrogen-bond donors (Lipinski definition) is 3. The van der Waals surface area contributed by atoms with Crippen LogP contribution in [0.25, 0.3) is 0 Å². The topological polar surface area (TPSA) is 95.9 Å². The van der Waals surface area contributed by atoms with Gasteiger partial charge in [-0.3, -0.25) is 9.59 Å². The van der Waals surface area contributed by atoms with Gasteiger partial charge < -0.3 is 20.3 Å². The van der Waals surface area contributed by atoms with Crippen LogP contribution in [0.3, 0.4) is 0 Å². The van der Waals surface area contributed by atoms with Gasteiger partial charge >= 0.3 is 5.97 Å². The van der Waals surface area contributed by atoms with Crippen molar-refractivity contribution in [1.82, 2.24) is 5.32 Å². The maximum Gasteiger partial charge on any atom is 0.306 e. The number of allylic oxidation sites excluding steroid dienone is 8. The second kappa shape index (κ2) is 49.8. The molecule has 0 saturated heterocycles. The zero-order chi connectivity index (χ0) is 45.2. The molecule has 0 aliphatic carbocycles. The maximum absolute atomic E-state index is 13.2. The van der Waals surface area contributed by atoms with E-state index in [1.807, 2.05) is 0 Å². The van der Waals surface area contributed by atoms with Crippen molar-refractivity contribution >= 4 is 11.9 Å². The predicted molar refractivity (Wildman–Crippen MR) is 269 cm³/mol. The summed E-state index contributed by atoms with van der Waals surface area (Å²) < 4.78 is 5.93. The average Bonchev–Trinajstić information content (AvgIpc) is 3.26. The zero-order valence-corrected chi connectivity index (χ0v) is 41.3. The Kier molecular flexibility index (Phi) is 48.1. The van der Waals surface area contributed by atoms with Crippen LogP contribution in [0.15, 0.2) is 48.6 Å². The first-order valence-corrected chi connectivity index (χ1v) is 26.9. The number of amides is 1. The second-order valence-corrected chi connectivity index (χ2v) is 18.3. The molecular weight excluding hydrogens is 767 g/mol. The van der Waals surface area contributed by atoms with Crippen LogP contribution < -0.4 is 5.32 Å². The number of aliphatic hydroxyl groups is 2. The number of rotatable bonds is 48. The van der Waals surface area contributed by atoms with Crippen molar-refractivity contribution in [3.8, 4) is 0 Å². The van der Waals surface area contributed by atoms with E-state index < -0.39 is 18.2 Å². The summed E-state index contributed by atoms with van der Waals surface area (Å²) in [6.45, 7) is 6.45. The van der Waals surface area contributed by atoms with Crippen LogP contribution in [0.2, 0.25) is 0 Å². The fourth-order valence-electron chi connectivity index (χ4n) is 8.02. The van der Waals surface area contributed by atoms with E-state index in [-0.39, 0.29) is 24.9 Å². The quantitative estimate of drug-likeness (QED) is 0.0322. The van der Waals surface area contributed by atoms with E-state index in [2.05, 4.69) is 74.7 Å². The Morgan fingerprint density at radius 2 is 0.823 bits per heavy atom. The van der Waals surface area contributed by atoms with Crippen molar-refractivity contribution in [3.63, 3.8) is 0 Å². The number of carbonyl (C=O) groups excluding carboxylic acids is 2. The molecule has 0 fully saturated rings. The molecule has 62 heavy (non-hydrogen) atoms. The molecule has 3 N–H and O–H groups in total. The van der Waals surface area contributed by atoms with Gasteiger partial charge in [0.15, 0.2) is 0 Å². The number of esters is 1. The third kappa shape index (κ3) is 44.4. The molecule has 6 nitrogen and oxygen atoms in total. The Labute approximate surface area is 385 Å². The molecule has 3 atom stereocenters. The smallest absolute Gasteiger partial charge is 0.306 e. The lowest BCUT2D eigenvalue weighted by Gasteiger charge is -2.24. The molecule has 0 spiro atoms. The number of unbranched alkanes of at least 4 members (excludes halogenated alkanes) is 28. The molecule has 0 rings (SSSR count). The maximum atomic E-state index is 13.2. The molecule has 0 aliphatic heterocycles. The normalized spacial score (nSPS) is 13.6. The lowest BCUT2D eigenvalue weighted by Crippen LogP contribution is -2.46. The van der Waals surface area contributed by atoms with Gasteiger partial charge in [-0.2, -0.15) is 0 Å². The van der Waals surface area contributed by atoms with Crippen molar-refractivity contribution < 1.29 is 24.5 Å². The lowest BCUT2D eigenvalue weighted by atomic mass is 10.0. The van der Waals surface area contributed by atoms with Gasteiger partial charge in [0.2, 0.25) is 5.91 Å². The van der Waals surface area contributed by atoms with Gasteiger partial charge in [-0.25, -0.2) is 0 Å². The summed E-state index contributed by atoms with van der Waals surface area (Å²) in [5, 5.41) is 23.8. The third-order valence-corrected chi connectivity index (χ3v) is 12.1. The molecule has 0 aromatic carbocycles. The standard InChI is InChI=1S/C56H103NO5/c1-4-7-10-13-16-19-22-25-27-28-29-30-32-35-38-41-44-47-52(62-56(61)49-46-43-40-37-34-31-26-23-20-17-14-11-8-5-2)50-55(60)57-53(51-58)54(59)48-45-42-39-36-33-24-21-18-15-12-9-6-3/h16,19,25,27,29-31,34,52-54,58-59H,4-15,17-18,20-24,26,28,32-33,35-51H2,1-3H3,(H,57,60)/b19-16-,27-25-,30-29-,34-31-.